The van der Waals surface area contributed by atoms with Crippen molar-refractivity contribution < 1.29 is 53.4 Å². The minimum Gasteiger partial charge on any atom is -0.462 e. The van der Waals surface area contributed by atoms with Crippen LogP contribution in [0.1, 0.15) is 60.3 Å². The van der Waals surface area contributed by atoms with Crippen LogP contribution in [0.25, 0.3) is 0 Å². The predicted octanol–water partition coefficient (Wildman–Crippen LogP) is 3.72. The molecule has 1 amide bonds. The Bertz CT molecular complexity index is 1450. The lowest BCUT2D eigenvalue weighted by molar-refractivity contribution is -0.304. The van der Waals surface area contributed by atoms with Gasteiger partial charge in [-0.2, -0.15) is 0 Å². The second-order valence-electron chi connectivity index (χ2n) is 15.1. The molecule has 4 N–H and O–H groups in total. The molecule has 1 aromatic rings. The van der Waals surface area contributed by atoms with Crippen molar-refractivity contribution in [2.75, 3.05) is 45.0 Å². The minimum absolute atomic E-state index is 0.0287. The van der Waals surface area contributed by atoms with E-state index in [1.165, 1.54) is 6.08 Å². The molecule has 0 unspecified atom stereocenters. The Balaban J connectivity index is 1.91. The summed E-state index contributed by atoms with van der Waals surface area (Å²) in [6.45, 7) is 8.52. The Kier molecular flexibility index (Phi) is 17.3. The zero-order chi connectivity index (χ0) is 40.3. The monoisotopic (exact) mass is 759 g/mol. The van der Waals surface area contributed by atoms with Crippen LogP contribution < -0.4 is 10.2 Å². The number of aldehydes is 1. The van der Waals surface area contributed by atoms with Crippen LogP contribution >= 0.6 is 0 Å². The number of benzene rings is 1. The highest BCUT2D eigenvalue weighted by molar-refractivity contribution is 5.91. The van der Waals surface area contributed by atoms with E-state index in [0.717, 1.165) is 12.0 Å². The Hall–Kier alpha value is -3.66. The third-order valence-electron chi connectivity index (χ3n) is 10.4. The summed E-state index contributed by atoms with van der Waals surface area (Å²) in [5.41, 5.74) is 2.17. The number of carbonyl (C=O) groups excluding carboxylic acids is 4. The first-order chi connectivity index (χ1) is 25.5. The number of nitrogens with zero attached hydrogens (tertiary/aromatic N) is 2. The number of allylic oxidation sites excluding steroid dienone is 3. The highest BCUT2D eigenvalue weighted by atomic mass is 16.7. The number of esters is 1. The summed E-state index contributed by atoms with van der Waals surface area (Å²) in [5.74, 6) is -3.49. The standard InChI is InChI=1S/C40H61N3O11/c1-10-33-28(22-51-40(50)41-29-12-14-30(15-13-29)42(6)7)19-23(2)11-16-31(45)24(3)20-27(17-18-44)38(25(4)32(46)21-34(47)53-33)54-39-37(49)35(43(8)9)36(48)26(5)52-39/h11-16,18-19,24-28,32-33,35-39,46,48-49H,10,17,20-22H2,1-9H3,(H,41,50)/b16-11+,23-19+/t24-,25+,26-,27+,28-,32-,33-,35+,36-,37-,38-,39+/m1/s1. The van der Waals surface area contributed by atoms with Gasteiger partial charge in [0.2, 0.25) is 0 Å². The molecule has 1 aromatic carbocycles. The Morgan fingerprint density at radius 3 is 2.28 bits per heavy atom. The van der Waals surface area contributed by atoms with Gasteiger partial charge in [-0.1, -0.05) is 38.5 Å². The van der Waals surface area contributed by atoms with Crippen molar-refractivity contribution in [3.63, 3.8) is 0 Å². The lowest BCUT2D eigenvalue weighted by Crippen LogP contribution is -2.63. The average molecular weight is 760 g/mol. The number of aliphatic hydroxyl groups excluding tert-OH is 3. The highest BCUT2D eigenvalue weighted by Crippen LogP contribution is 2.34. The van der Waals surface area contributed by atoms with E-state index in [1.54, 1.807) is 71.0 Å². The van der Waals surface area contributed by atoms with E-state index in [0.29, 0.717) is 17.7 Å². The summed E-state index contributed by atoms with van der Waals surface area (Å²) in [6.07, 6.45) is -2.34. The number of ether oxygens (including phenoxy) is 4. The van der Waals surface area contributed by atoms with Gasteiger partial charge in [0.1, 0.15) is 25.1 Å². The number of ketones is 1. The molecule has 0 spiro atoms. The smallest absolute Gasteiger partial charge is 0.411 e. The number of likely N-dealkylation sites (N-methyl/N-ethyl adjacent to an activating group) is 1. The van der Waals surface area contributed by atoms with Gasteiger partial charge in [0, 0.05) is 49.6 Å². The quantitative estimate of drug-likeness (QED) is 0.200. The van der Waals surface area contributed by atoms with Crippen LogP contribution in [-0.4, -0.2) is 128 Å². The Morgan fingerprint density at radius 2 is 1.69 bits per heavy atom. The van der Waals surface area contributed by atoms with Crippen LogP contribution in [0.5, 0.6) is 0 Å². The van der Waals surface area contributed by atoms with Gasteiger partial charge >= 0.3 is 12.1 Å². The summed E-state index contributed by atoms with van der Waals surface area (Å²) >= 11 is 0. The fourth-order valence-electron chi connectivity index (χ4n) is 7.08. The van der Waals surface area contributed by atoms with E-state index >= 15 is 0 Å². The number of carbonyl (C=O) groups is 4. The number of rotatable bonds is 10. The van der Waals surface area contributed by atoms with Gasteiger partial charge in [0.05, 0.1) is 36.9 Å². The fraction of sp³-hybridized carbons (Fsp3) is 0.650. The number of hydrogen-bond acceptors (Lipinski definition) is 13. The molecule has 3 rings (SSSR count). The summed E-state index contributed by atoms with van der Waals surface area (Å²) in [4.78, 5) is 55.3. The number of aliphatic hydroxyl groups is 3. The maximum atomic E-state index is 13.5. The SMILES string of the molecule is CC[C@H]1OC(=O)C[C@@H](O)[C@H](C)[C@@H](O[C@@H]2O[C@H](C)[C@@H](O)[C@H](N(C)C)[C@H]2O)[C@@H](CC=O)C[C@@H](C)C(=O)/C=C/C(C)=C/[C@@H]1COC(=O)Nc1ccc(N(C)C)cc1. The largest absolute Gasteiger partial charge is 0.462 e. The third-order valence-corrected chi connectivity index (χ3v) is 10.4. The van der Waals surface area contributed by atoms with E-state index in [2.05, 4.69) is 5.32 Å². The molecule has 2 aliphatic rings. The first kappa shape index (κ1) is 44.7. The van der Waals surface area contributed by atoms with Crippen molar-refractivity contribution in [1.29, 1.82) is 0 Å². The van der Waals surface area contributed by atoms with Gasteiger partial charge in [-0.15, -0.1) is 0 Å². The van der Waals surface area contributed by atoms with Crippen molar-refractivity contribution >= 4 is 35.5 Å². The molecule has 14 heteroatoms. The normalized spacial score (nSPS) is 34.6. The third kappa shape index (κ3) is 12.4. The fourth-order valence-corrected chi connectivity index (χ4v) is 7.08. The predicted molar refractivity (Wildman–Crippen MR) is 204 cm³/mol. The van der Waals surface area contributed by atoms with Gasteiger partial charge in [0.25, 0.3) is 0 Å². The van der Waals surface area contributed by atoms with Crippen molar-refractivity contribution in [3.05, 3.63) is 48.1 Å². The van der Waals surface area contributed by atoms with Crippen LogP contribution in [0.3, 0.4) is 0 Å². The average Bonchev–Trinajstić information content (AvgIpc) is 3.11. The molecule has 2 aliphatic heterocycles. The van der Waals surface area contributed by atoms with E-state index in [9.17, 15) is 34.5 Å². The van der Waals surface area contributed by atoms with Crippen molar-refractivity contribution in [2.24, 2.45) is 23.7 Å². The van der Waals surface area contributed by atoms with E-state index < -0.39 is 91.1 Å². The molecule has 0 saturated carbocycles. The van der Waals surface area contributed by atoms with Gasteiger partial charge in [-0.3, -0.25) is 14.9 Å². The van der Waals surface area contributed by atoms with Crippen LogP contribution in [0.4, 0.5) is 16.2 Å². The molecule has 2 heterocycles. The van der Waals surface area contributed by atoms with Crippen LogP contribution in [0.2, 0.25) is 0 Å². The lowest BCUT2D eigenvalue weighted by atomic mass is 9.79. The van der Waals surface area contributed by atoms with Gasteiger partial charge in [-0.05, 0) is 77.0 Å². The highest BCUT2D eigenvalue weighted by Gasteiger charge is 2.47. The van der Waals surface area contributed by atoms with E-state index in [4.69, 9.17) is 18.9 Å². The number of hydrogen-bond donors (Lipinski definition) is 4. The molecular weight excluding hydrogens is 698 g/mol. The van der Waals surface area contributed by atoms with Gasteiger partial charge in [0.15, 0.2) is 12.1 Å². The second-order valence-corrected chi connectivity index (χ2v) is 15.1. The Labute approximate surface area is 319 Å². The first-order valence-electron chi connectivity index (χ1n) is 18.7. The second kappa shape index (κ2) is 20.9. The zero-order valence-corrected chi connectivity index (χ0v) is 33.1. The molecule has 0 bridgehead atoms. The van der Waals surface area contributed by atoms with Crippen molar-refractivity contribution in [2.45, 2.75) is 109 Å². The van der Waals surface area contributed by atoms with Gasteiger partial charge in [-0.25, -0.2) is 4.79 Å². The molecule has 302 valence electrons. The molecule has 0 aromatic heterocycles. The number of nitrogens with one attached hydrogen (secondary N) is 1. The van der Waals surface area contributed by atoms with Crippen LogP contribution in [-0.2, 0) is 33.3 Å². The summed E-state index contributed by atoms with van der Waals surface area (Å²) in [7, 11) is 7.25. The van der Waals surface area contributed by atoms with Gasteiger partial charge < -0.3 is 48.9 Å². The molecule has 14 nitrogen and oxygen atoms in total. The molecule has 12 atom stereocenters. The van der Waals surface area contributed by atoms with Crippen molar-refractivity contribution in [1.82, 2.24) is 4.90 Å². The Morgan fingerprint density at radius 1 is 1.02 bits per heavy atom. The first-order valence-corrected chi connectivity index (χ1v) is 18.7. The van der Waals surface area contributed by atoms with E-state index in [1.807, 2.05) is 38.1 Å². The zero-order valence-electron chi connectivity index (χ0n) is 33.1. The van der Waals surface area contributed by atoms with E-state index in [-0.39, 0.29) is 25.2 Å². The summed E-state index contributed by atoms with van der Waals surface area (Å²) < 4.78 is 23.8. The minimum atomic E-state index is -1.32. The molecule has 0 aliphatic carbocycles. The molecule has 0 radical (unpaired) electrons. The van der Waals surface area contributed by atoms with Crippen LogP contribution in [0.15, 0.2) is 48.1 Å². The lowest BCUT2D eigenvalue weighted by Gasteiger charge is -2.46. The van der Waals surface area contributed by atoms with Crippen LogP contribution in [0, 0.1) is 23.7 Å². The topological polar surface area (TPSA) is 184 Å². The maximum absolute atomic E-state index is 13.5. The molecule has 54 heavy (non-hydrogen) atoms. The number of anilines is 2. The molecular formula is C40H61N3O11. The summed E-state index contributed by atoms with van der Waals surface area (Å²) in [6, 6.07) is 6.48. The summed E-state index contributed by atoms with van der Waals surface area (Å²) in [5, 5.41) is 36.2. The number of amides is 1. The molecule has 1 saturated heterocycles. The number of cyclic esters (lactones) is 1. The maximum Gasteiger partial charge on any atom is 0.411 e. The molecule has 1 fully saturated rings. The van der Waals surface area contributed by atoms with Crippen molar-refractivity contribution in [3.8, 4) is 0 Å².